The summed E-state index contributed by atoms with van der Waals surface area (Å²) in [5, 5.41) is 3.33. The minimum Gasteiger partial charge on any atom is -0.472 e. The average Bonchev–Trinajstić information content (AvgIpc) is 2.80. The van der Waals surface area contributed by atoms with Crippen molar-refractivity contribution in [2.75, 3.05) is 7.05 Å². The van der Waals surface area contributed by atoms with Gasteiger partial charge in [0, 0.05) is 10.5 Å². The Kier molecular flexibility index (Phi) is 3.80. The van der Waals surface area contributed by atoms with E-state index >= 15 is 0 Å². The van der Waals surface area contributed by atoms with Gasteiger partial charge in [-0.1, -0.05) is 34.1 Å². The van der Waals surface area contributed by atoms with E-state index in [1.165, 1.54) is 11.1 Å². The molecule has 84 valence electrons. The van der Waals surface area contributed by atoms with Crippen LogP contribution in [0.3, 0.4) is 0 Å². The molecule has 16 heavy (non-hydrogen) atoms. The molecule has 0 fully saturated rings. The predicted molar refractivity (Wildman–Crippen MR) is 68.4 cm³/mol. The molecular weight excluding hydrogens is 266 g/mol. The molecule has 2 rings (SSSR count). The Bertz CT molecular complexity index is 439. The van der Waals surface area contributed by atoms with Gasteiger partial charge in [-0.05, 0) is 36.7 Å². The van der Waals surface area contributed by atoms with Crippen molar-refractivity contribution in [2.24, 2.45) is 0 Å². The molecule has 0 aliphatic heterocycles. The lowest BCUT2D eigenvalue weighted by Gasteiger charge is -2.17. The van der Waals surface area contributed by atoms with Crippen LogP contribution in [0.1, 0.15) is 17.2 Å². The first kappa shape index (κ1) is 11.4. The molecule has 0 spiro atoms. The second-order valence-corrected chi connectivity index (χ2v) is 4.55. The summed E-state index contributed by atoms with van der Waals surface area (Å²) in [5.41, 5.74) is 2.47. The SMILES string of the molecule is CNC(Cc1ccoc1)c1ccccc1Br. The smallest absolute Gasteiger partial charge is 0.0935 e. The fourth-order valence-corrected chi connectivity index (χ4v) is 2.33. The van der Waals surface area contributed by atoms with Crippen molar-refractivity contribution < 1.29 is 4.42 Å². The van der Waals surface area contributed by atoms with E-state index < -0.39 is 0 Å². The zero-order valence-corrected chi connectivity index (χ0v) is 10.7. The van der Waals surface area contributed by atoms with E-state index in [1.54, 1.807) is 12.5 Å². The maximum absolute atomic E-state index is 5.09. The summed E-state index contributed by atoms with van der Waals surface area (Å²) in [6.07, 6.45) is 4.43. The van der Waals surface area contributed by atoms with Gasteiger partial charge in [0.05, 0.1) is 12.5 Å². The van der Waals surface area contributed by atoms with E-state index in [-0.39, 0.29) is 0 Å². The number of halogens is 1. The van der Waals surface area contributed by atoms with Crippen LogP contribution in [0.4, 0.5) is 0 Å². The fourth-order valence-electron chi connectivity index (χ4n) is 1.77. The second kappa shape index (κ2) is 5.32. The molecule has 0 amide bonds. The van der Waals surface area contributed by atoms with Crippen LogP contribution in [0, 0.1) is 0 Å². The standard InChI is InChI=1S/C13H14BrNO/c1-15-13(8-10-6-7-16-9-10)11-4-2-3-5-12(11)14/h2-7,9,13,15H,8H2,1H3. The predicted octanol–water partition coefficient (Wildman–Crippen LogP) is 3.55. The third kappa shape index (κ3) is 2.54. The first-order chi connectivity index (χ1) is 7.81. The normalized spacial score (nSPS) is 12.6. The summed E-state index contributed by atoms with van der Waals surface area (Å²) in [4.78, 5) is 0. The summed E-state index contributed by atoms with van der Waals surface area (Å²) < 4.78 is 6.22. The van der Waals surface area contributed by atoms with Crippen LogP contribution in [0.15, 0.2) is 51.7 Å². The molecule has 0 saturated carbocycles. The molecule has 0 radical (unpaired) electrons. The molecule has 1 unspecified atom stereocenters. The molecule has 1 aromatic heterocycles. The molecule has 0 bridgehead atoms. The largest absolute Gasteiger partial charge is 0.472 e. The van der Waals surface area contributed by atoms with Gasteiger partial charge in [-0.3, -0.25) is 0 Å². The quantitative estimate of drug-likeness (QED) is 0.926. The molecule has 0 aliphatic rings. The Morgan fingerprint density at radius 3 is 2.75 bits per heavy atom. The summed E-state index contributed by atoms with van der Waals surface area (Å²) in [6.45, 7) is 0. The molecule has 0 aliphatic carbocycles. The summed E-state index contributed by atoms with van der Waals surface area (Å²) in [6, 6.07) is 10.6. The number of nitrogens with one attached hydrogen (secondary N) is 1. The minimum absolute atomic E-state index is 0.299. The van der Waals surface area contributed by atoms with E-state index in [0.717, 1.165) is 10.9 Å². The zero-order valence-electron chi connectivity index (χ0n) is 9.11. The number of rotatable bonds is 4. The highest BCUT2D eigenvalue weighted by Crippen LogP contribution is 2.25. The van der Waals surface area contributed by atoms with Gasteiger partial charge in [-0.2, -0.15) is 0 Å². The maximum Gasteiger partial charge on any atom is 0.0935 e. The van der Waals surface area contributed by atoms with Crippen molar-refractivity contribution >= 4 is 15.9 Å². The van der Waals surface area contributed by atoms with Crippen molar-refractivity contribution in [3.63, 3.8) is 0 Å². The molecule has 1 heterocycles. The molecule has 1 atom stereocenters. The van der Waals surface area contributed by atoms with Crippen molar-refractivity contribution in [1.82, 2.24) is 5.32 Å². The Hall–Kier alpha value is -1.06. The van der Waals surface area contributed by atoms with Gasteiger partial charge in [0.15, 0.2) is 0 Å². The lowest BCUT2D eigenvalue weighted by atomic mass is 10.0. The number of hydrogen-bond donors (Lipinski definition) is 1. The topological polar surface area (TPSA) is 25.2 Å². The van der Waals surface area contributed by atoms with Crippen molar-refractivity contribution in [2.45, 2.75) is 12.5 Å². The van der Waals surface area contributed by atoms with Crippen LogP contribution in [-0.2, 0) is 6.42 Å². The van der Waals surface area contributed by atoms with Crippen LogP contribution >= 0.6 is 15.9 Å². The third-order valence-corrected chi connectivity index (χ3v) is 3.37. The Labute approximate surface area is 104 Å². The summed E-state index contributed by atoms with van der Waals surface area (Å²) in [7, 11) is 1.98. The van der Waals surface area contributed by atoms with Crippen LogP contribution in [-0.4, -0.2) is 7.05 Å². The average molecular weight is 280 g/mol. The van der Waals surface area contributed by atoms with Gasteiger partial charge in [-0.25, -0.2) is 0 Å². The third-order valence-electron chi connectivity index (χ3n) is 2.65. The van der Waals surface area contributed by atoms with E-state index in [4.69, 9.17) is 4.42 Å². The Morgan fingerprint density at radius 2 is 2.12 bits per heavy atom. The van der Waals surface area contributed by atoms with Crippen LogP contribution in [0.25, 0.3) is 0 Å². The molecular formula is C13H14BrNO. The number of benzene rings is 1. The monoisotopic (exact) mass is 279 g/mol. The van der Waals surface area contributed by atoms with Gasteiger partial charge >= 0.3 is 0 Å². The number of hydrogen-bond acceptors (Lipinski definition) is 2. The first-order valence-electron chi connectivity index (χ1n) is 5.24. The van der Waals surface area contributed by atoms with Gasteiger partial charge < -0.3 is 9.73 Å². The molecule has 2 nitrogen and oxygen atoms in total. The highest BCUT2D eigenvalue weighted by molar-refractivity contribution is 9.10. The Balaban J connectivity index is 2.20. The van der Waals surface area contributed by atoms with Gasteiger partial charge in [0.25, 0.3) is 0 Å². The van der Waals surface area contributed by atoms with Crippen LogP contribution in [0.5, 0.6) is 0 Å². The fraction of sp³-hybridized carbons (Fsp3) is 0.231. The number of furan rings is 1. The van der Waals surface area contributed by atoms with E-state index in [1.807, 2.05) is 19.2 Å². The van der Waals surface area contributed by atoms with Crippen molar-refractivity contribution in [3.8, 4) is 0 Å². The molecule has 0 saturated heterocycles. The summed E-state index contributed by atoms with van der Waals surface area (Å²) in [5.74, 6) is 0. The van der Waals surface area contributed by atoms with Gasteiger partial charge in [0.2, 0.25) is 0 Å². The van der Waals surface area contributed by atoms with Gasteiger partial charge in [-0.15, -0.1) is 0 Å². The van der Waals surface area contributed by atoms with E-state index in [2.05, 4.69) is 39.4 Å². The molecule has 1 aromatic carbocycles. The maximum atomic E-state index is 5.09. The lowest BCUT2D eigenvalue weighted by Crippen LogP contribution is -2.19. The second-order valence-electron chi connectivity index (χ2n) is 3.70. The molecule has 3 heteroatoms. The number of likely N-dealkylation sites (N-methyl/N-ethyl adjacent to an activating group) is 1. The van der Waals surface area contributed by atoms with Gasteiger partial charge in [0.1, 0.15) is 0 Å². The molecule has 1 N–H and O–H groups in total. The minimum atomic E-state index is 0.299. The van der Waals surface area contributed by atoms with Crippen molar-refractivity contribution in [3.05, 3.63) is 58.5 Å². The van der Waals surface area contributed by atoms with E-state index in [9.17, 15) is 0 Å². The van der Waals surface area contributed by atoms with Crippen LogP contribution < -0.4 is 5.32 Å². The highest BCUT2D eigenvalue weighted by atomic mass is 79.9. The lowest BCUT2D eigenvalue weighted by molar-refractivity contribution is 0.551. The Morgan fingerprint density at radius 1 is 1.31 bits per heavy atom. The van der Waals surface area contributed by atoms with E-state index in [0.29, 0.717) is 6.04 Å². The van der Waals surface area contributed by atoms with Crippen molar-refractivity contribution in [1.29, 1.82) is 0 Å². The molecule has 2 aromatic rings. The summed E-state index contributed by atoms with van der Waals surface area (Å²) >= 11 is 3.58. The zero-order chi connectivity index (χ0) is 11.4. The first-order valence-corrected chi connectivity index (χ1v) is 6.03. The van der Waals surface area contributed by atoms with Crippen LogP contribution in [0.2, 0.25) is 0 Å². The highest BCUT2D eigenvalue weighted by Gasteiger charge is 2.13.